The maximum Gasteiger partial charge on any atom is 0.00784 e. The second-order valence-corrected chi connectivity index (χ2v) is 7.04. The van der Waals surface area contributed by atoms with Crippen LogP contribution < -0.4 is 5.73 Å². The summed E-state index contributed by atoms with van der Waals surface area (Å²) in [6, 6.07) is 9.13. The first-order valence-electron chi connectivity index (χ1n) is 7.23. The second kappa shape index (κ2) is 5.26. The van der Waals surface area contributed by atoms with Gasteiger partial charge < -0.3 is 5.73 Å². The lowest BCUT2D eigenvalue weighted by molar-refractivity contribution is 0.250. The minimum atomic E-state index is 0.321. The number of rotatable bonds is 3. The van der Waals surface area contributed by atoms with Gasteiger partial charge in [0.2, 0.25) is 0 Å². The van der Waals surface area contributed by atoms with Crippen LogP contribution in [0.3, 0.4) is 0 Å². The molecule has 18 heavy (non-hydrogen) atoms. The van der Waals surface area contributed by atoms with Gasteiger partial charge in [-0.05, 0) is 54.2 Å². The van der Waals surface area contributed by atoms with Gasteiger partial charge in [0.1, 0.15) is 0 Å². The molecule has 0 aromatic heterocycles. The van der Waals surface area contributed by atoms with Crippen molar-refractivity contribution in [3.05, 3.63) is 35.4 Å². The van der Waals surface area contributed by atoms with Gasteiger partial charge in [0.05, 0.1) is 0 Å². The highest BCUT2D eigenvalue weighted by molar-refractivity contribution is 7.99. The van der Waals surface area contributed by atoms with Crippen molar-refractivity contribution in [2.75, 3.05) is 18.1 Å². The number of thioether (sulfide) groups is 1. The van der Waals surface area contributed by atoms with Crippen LogP contribution in [0.15, 0.2) is 24.3 Å². The maximum absolute atomic E-state index is 6.10. The van der Waals surface area contributed by atoms with Crippen molar-refractivity contribution in [2.45, 2.75) is 43.4 Å². The van der Waals surface area contributed by atoms with Crippen LogP contribution in [0.25, 0.3) is 0 Å². The number of hydrogen-bond donors (Lipinski definition) is 1. The van der Waals surface area contributed by atoms with E-state index in [1.54, 1.807) is 11.1 Å². The predicted octanol–water partition coefficient (Wildman–Crippen LogP) is 3.68. The first-order valence-corrected chi connectivity index (χ1v) is 8.38. The number of hydrogen-bond acceptors (Lipinski definition) is 2. The molecule has 0 atom stereocenters. The predicted molar refractivity (Wildman–Crippen MR) is 80.3 cm³/mol. The first kappa shape index (κ1) is 12.6. The molecule has 1 heterocycles. The molecule has 1 aliphatic carbocycles. The van der Waals surface area contributed by atoms with Crippen molar-refractivity contribution in [3.63, 3.8) is 0 Å². The molecule has 98 valence electrons. The third-order valence-corrected chi connectivity index (χ3v) is 5.94. The molecule has 1 aromatic rings. The van der Waals surface area contributed by atoms with Crippen LogP contribution in [0.4, 0.5) is 0 Å². The standard InChI is InChI=1S/C16H23NS/c17-12-16(8-3-9-16)15-5-2-1-4-14(15)13-6-10-18-11-7-13/h1-2,4-5,13H,3,6-12,17H2. The molecule has 0 bridgehead atoms. The second-order valence-electron chi connectivity index (χ2n) is 5.81. The average molecular weight is 261 g/mol. The third-order valence-electron chi connectivity index (χ3n) is 4.89. The number of nitrogens with two attached hydrogens (primary N) is 1. The van der Waals surface area contributed by atoms with E-state index in [9.17, 15) is 0 Å². The van der Waals surface area contributed by atoms with Gasteiger partial charge in [-0.25, -0.2) is 0 Å². The van der Waals surface area contributed by atoms with Crippen molar-refractivity contribution in [1.82, 2.24) is 0 Å². The normalized spacial score (nSPS) is 23.6. The van der Waals surface area contributed by atoms with Crippen molar-refractivity contribution < 1.29 is 0 Å². The lowest BCUT2D eigenvalue weighted by Crippen LogP contribution is -2.42. The molecule has 0 amide bonds. The van der Waals surface area contributed by atoms with Gasteiger partial charge in [-0.2, -0.15) is 11.8 Å². The van der Waals surface area contributed by atoms with Crippen LogP contribution in [0, 0.1) is 0 Å². The Labute approximate surface area is 115 Å². The molecule has 2 N–H and O–H groups in total. The molecule has 0 unspecified atom stereocenters. The van der Waals surface area contributed by atoms with Gasteiger partial charge in [-0.1, -0.05) is 30.7 Å². The lowest BCUT2D eigenvalue weighted by atomic mass is 9.62. The summed E-state index contributed by atoms with van der Waals surface area (Å²) in [5.41, 5.74) is 9.61. The maximum atomic E-state index is 6.10. The van der Waals surface area contributed by atoms with Gasteiger partial charge in [0.25, 0.3) is 0 Å². The molecule has 3 rings (SSSR count). The Kier molecular flexibility index (Phi) is 3.67. The zero-order chi connectivity index (χ0) is 12.4. The van der Waals surface area contributed by atoms with E-state index < -0.39 is 0 Å². The monoisotopic (exact) mass is 261 g/mol. The van der Waals surface area contributed by atoms with Crippen LogP contribution >= 0.6 is 11.8 Å². The van der Waals surface area contributed by atoms with E-state index >= 15 is 0 Å². The molecular weight excluding hydrogens is 238 g/mol. The quantitative estimate of drug-likeness (QED) is 0.898. The largest absolute Gasteiger partial charge is 0.330 e. The summed E-state index contributed by atoms with van der Waals surface area (Å²) in [6.07, 6.45) is 6.64. The van der Waals surface area contributed by atoms with E-state index in [1.165, 1.54) is 43.6 Å². The zero-order valence-corrected chi connectivity index (χ0v) is 11.8. The summed E-state index contributed by atoms with van der Waals surface area (Å²) in [4.78, 5) is 0. The Morgan fingerprint density at radius 3 is 2.50 bits per heavy atom. The summed E-state index contributed by atoms with van der Waals surface area (Å²) in [7, 11) is 0. The molecule has 2 heteroatoms. The Bertz CT molecular complexity index is 400. The summed E-state index contributed by atoms with van der Waals surface area (Å²) in [5.74, 6) is 3.44. The molecule has 1 nitrogen and oxygen atoms in total. The summed E-state index contributed by atoms with van der Waals surface area (Å²) < 4.78 is 0. The third kappa shape index (κ3) is 2.10. The molecule has 1 aliphatic heterocycles. The van der Waals surface area contributed by atoms with Gasteiger partial charge in [0.15, 0.2) is 0 Å². The fraction of sp³-hybridized carbons (Fsp3) is 0.625. The fourth-order valence-corrected chi connectivity index (χ4v) is 4.64. The summed E-state index contributed by atoms with van der Waals surface area (Å²) in [6.45, 7) is 0.825. The van der Waals surface area contributed by atoms with Gasteiger partial charge in [0, 0.05) is 12.0 Å². The molecule has 1 saturated heterocycles. The Morgan fingerprint density at radius 1 is 1.17 bits per heavy atom. The summed E-state index contributed by atoms with van der Waals surface area (Å²) >= 11 is 2.11. The molecule has 2 fully saturated rings. The van der Waals surface area contributed by atoms with Crippen LogP contribution in [-0.2, 0) is 5.41 Å². The van der Waals surface area contributed by atoms with E-state index in [0.717, 1.165) is 12.5 Å². The highest BCUT2D eigenvalue weighted by atomic mass is 32.2. The van der Waals surface area contributed by atoms with Gasteiger partial charge in [-0.3, -0.25) is 0 Å². The van der Waals surface area contributed by atoms with Crippen molar-refractivity contribution in [3.8, 4) is 0 Å². The Balaban J connectivity index is 1.94. The highest BCUT2D eigenvalue weighted by Crippen LogP contribution is 2.46. The topological polar surface area (TPSA) is 26.0 Å². The molecule has 2 aliphatic rings. The van der Waals surface area contributed by atoms with Crippen LogP contribution in [-0.4, -0.2) is 18.1 Å². The minimum absolute atomic E-state index is 0.321. The zero-order valence-electron chi connectivity index (χ0n) is 11.0. The number of benzene rings is 1. The summed E-state index contributed by atoms with van der Waals surface area (Å²) in [5, 5.41) is 0. The van der Waals surface area contributed by atoms with Crippen LogP contribution in [0.1, 0.15) is 49.1 Å². The molecule has 0 radical (unpaired) electrons. The van der Waals surface area contributed by atoms with E-state index in [1.807, 2.05) is 0 Å². The van der Waals surface area contributed by atoms with E-state index in [2.05, 4.69) is 36.0 Å². The fourth-order valence-electron chi connectivity index (χ4n) is 3.53. The lowest BCUT2D eigenvalue weighted by Gasteiger charge is -2.44. The first-order chi connectivity index (χ1) is 8.86. The Morgan fingerprint density at radius 2 is 1.89 bits per heavy atom. The van der Waals surface area contributed by atoms with Crippen molar-refractivity contribution >= 4 is 11.8 Å². The average Bonchev–Trinajstić information content (AvgIpc) is 2.40. The Hall–Kier alpha value is -0.470. The van der Waals surface area contributed by atoms with E-state index in [0.29, 0.717) is 5.41 Å². The van der Waals surface area contributed by atoms with Crippen molar-refractivity contribution in [2.24, 2.45) is 5.73 Å². The van der Waals surface area contributed by atoms with Crippen molar-refractivity contribution in [1.29, 1.82) is 0 Å². The van der Waals surface area contributed by atoms with E-state index in [4.69, 9.17) is 5.73 Å². The molecule has 0 spiro atoms. The van der Waals surface area contributed by atoms with Gasteiger partial charge in [-0.15, -0.1) is 0 Å². The minimum Gasteiger partial charge on any atom is -0.330 e. The van der Waals surface area contributed by atoms with Gasteiger partial charge >= 0.3 is 0 Å². The molecule has 1 aromatic carbocycles. The smallest absolute Gasteiger partial charge is 0.00784 e. The van der Waals surface area contributed by atoms with Crippen LogP contribution in [0.5, 0.6) is 0 Å². The SMILES string of the molecule is NCC1(c2ccccc2C2CCSCC2)CCC1. The van der Waals surface area contributed by atoms with E-state index in [-0.39, 0.29) is 0 Å². The molecule has 1 saturated carbocycles. The van der Waals surface area contributed by atoms with Crippen LogP contribution in [0.2, 0.25) is 0 Å². The molecular formula is C16H23NS. The highest BCUT2D eigenvalue weighted by Gasteiger charge is 2.39.